The second-order valence-corrected chi connectivity index (χ2v) is 6.11. The smallest absolute Gasteiger partial charge is 0.325 e. The third kappa shape index (κ3) is 5.69. The molecule has 0 unspecified atom stereocenters. The number of rotatable bonds is 7. The standard InChI is InChI=1S/C19H17N3O3S/c1-25-18(23)13-21-12-14(11-20)19(24)22-16-9-5-6-10-17(16)26-15-7-3-2-4-8-15/h2-10,12,21H,13H2,1H3,(H,22,24)/b14-12-. The molecule has 0 bridgehead atoms. The third-order valence-corrected chi connectivity index (χ3v) is 4.28. The molecule has 0 saturated heterocycles. The fourth-order valence-electron chi connectivity index (χ4n) is 1.92. The Morgan fingerprint density at radius 3 is 2.54 bits per heavy atom. The number of hydrogen-bond acceptors (Lipinski definition) is 6. The van der Waals surface area contributed by atoms with Crippen LogP contribution in [0.3, 0.4) is 0 Å². The average molecular weight is 367 g/mol. The van der Waals surface area contributed by atoms with Crippen LogP contribution in [0.5, 0.6) is 0 Å². The summed E-state index contributed by atoms with van der Waals surface area (Å²) in [6, 6.07) is 18.9. The molecule has 0 aliphatic carbocycles. The van der Waals surface area contributed by atoms with Gasteiger partial charge in [0, 0.05) is 16.0 Å². The summed E-state index contributed by atoms with van der Waals surface area (Å²) in [5, 5.41) is 14.5. The first-order valence-electron chi connectivity index (χ1n) is 7.67. The molecule has 0 radical (unpaired) electrons. The van der Waals surface area contributed by atoms with Gasteiger partial charge in [-0.1, -0.05) is 42.1 Å². The van der Waals surface area contributed by atoms with Crippen LogP contribution in [0.25, 0.3) is 0 Å². The molecule has 0 spiro atoms. The van der Waals surface area contributed by atoms with Gasteiger partial charge in [-0.2, -0.15) is 5.26 Å². The van der Waals surface area contributed by atoms with Crippen LogP contribution in [0.15, 0.2) is 76.2 Å². The largest absolute Gasteiger partial charge is 0.468 e. The topological polar surface area (TPSA) is 91.2 Å². The Bertz CT molecular complexity index is 845. The lowest BCUT2D eigenvalue weighted by molar-refractivity contribution is -0.139. The minimum atomic E-state index is -0.564. The molecule has 0 aromatic heterocycles. The van der Waals surface area contributed by atoms with Crippen LogP contribution in [-0.2, 0) is 14.3 Å². The van der Waals surface area contributed by atoms with Crippen LogP contribution in [0.1, 0.15) is 0 Å². The maximum atomic E-state index is 12.3. The van der Waals surface area contributed by atoms with Crippen molar-refractivity contribution in [3.63, 3.8) is 0 Å². The highest BCUT2D eigenvalue weighted by Crippen LogP contribution is 2.33. The third-order valence-electron chi connectivity index (χ3n) is 3.19. The summed E-state index contributed by atoms with van der Waals surface area (Å²) in [4.78, 5) is 25.3. The number of nitrogens with one attached hydrogen (secondary N) is 2. The van der Waals surface area contributed by atoms with E-state index in [-0.39, 0.29) is 12.1 Å². The van der Waals surface area contributed by atoms with E-state index < -0.39 is 11.9 Å². The molecule has 0 fully saturated rings. The van der Waals surface area contributed by atoms with E-state index in [0.29, 0.717) is 5.69 Å². The van der Waals surface area contributed by atoms with Crippen molar-refractivity contribution in [3.8, 4) is 6.07 Å². The Balaban J connectivity index is 2.09. The van der Waals surface area contributed by atoms with Crippen molar-refractivity contribution in [2.75, 3.05) is 19.0 Å². The van der Waals surface area contributed by atoms with Gasteiger partial charge in [-0.3, -0.25) is 9.59 Å². The number of nitriles is 1. The van der Waals surface area contributed by atoms with Gasteiger partial charge in [-0.25, -0.2) is 0 Å². The van der Waals surface area contributed by atoms with Gasteiger partial charge in [-0.15, -0.1) is 0 Å². The Labute approximate surface area is 155 Å². The number of hydrogen-bond donors (Lipinski definition) is 2. The highest BCUT2D eigenvalue weighted by Gasteiger charge is 2.12. The number of anilines is 1. The normalized spacial score (nSPS) is 10.5. The molecule has 1 amide bonds. The highest BCUT2D eigenvalue weighted by molar-refractivity contribution is 7.99. The minimum Gasteiger partial charge on any atom is -0.468 e. The first-order chi connectivity index (χ1) is 12.6. The van der Waals surface area contributed by atoms with Crippen LogP contribution in [0.2, 0.25) is 0 Å². The highest BCUT2D eigenvalue weighted by atomic mass is 32.2. The number of ether oxygens (including phenoxy) is 1. The molecule has 0 heterocycles. The van der Waals surface area contributed by atoms with Crippen LogP contribution in [0, 0.1) is 11.3 Å². The fraction of sp³-hybridized carbons (Fsp3) is 0.105. The van der Waals surface area contributed by atoms with E-state index >= 15 is 0 Å². The molecule has 26 heavy (non-hydrogen) atoms. The van der Waals surface area contributed by atoms with Crippen molar-refractivity contribution in [2.45, 2.75) is 9.79 Å². The maximum absolute atomic E-state index is 12.3. The molecule has 7 heteroatoms. The summed E-state index contributed by atoms with van der Waals surface area (Å²) >= 11 is 1.51. The average Bonchev–Trinajstić information content (AvgIpc) is 2.67. The van der Waals surface area contributed by atoms with Gasteiger partial charge in [0.1, 0.15) is 18.2 Å². The van der Waals surface area contributed by atoms with Gasteiger partial charge in [0.15, 0.2) is 0 Å². The molecule has 0 aliphatic rings. The summed E-state index contributed by atoms with van der Waals surface area (Å²) in [5.41, 5.74) is 0.453. The minimum absolute atomic E-state index is 0.130. The van der Waals surface area contributed by atoms with E-state index in [2.05, 4.69) is 15.4 Å². The van der Waals surface area contributed by atoms with Gasteiger partial charge in [0.05, 0.1) is 12.8 Å². The zero-order valence-corrected chi connectivity index (χ0v) is 14.9. The van der Waals surface area contributed by atoms with E-state index in [4.69, 9.17) is 5.26 Å². The van der Waals surface area contributed by atoms with Crippen LogP contribution >= 0.6 is 11.8 Å². The number of esters is 1. The van der Waals surface area contributed by atoms with Gasteiger partial charge < -0.3 is 15.4 Å². The number of para-hydroxylation sites is 1. The monoisotopic (exact) mass is 367 g/mol. The van der Waals surface area contributed by atoms with Crippen molar-refractivity contribution in [2.24, 2.45) is 0 Å². The van der Waals surface area contributed by atoms with Gasteiger partial charge in [-0.05, 0) is 24.3 Å². The number of nitrogens with zero attached hydrogens (tertiary/aromatic N) is 1. The zero-order valence-electron chi connectivity index (χ0n) is 14.1. The van der Waals surface area contributed by atoms with Crippen molar-refractivity contribution >= 4 is 29.3 Å². The van der Waals surface area contributed by atoms with E-state index in [1.807, 2.05) is 48.5 Å². The summed E-state index contributed by atoms with van der Waals surface area (Å²) in [7, 11) is 1.26. The molecule has 0 saturated carbocycles. The molecular formula is C19H17N3O3S. The second kappa shape index (κ2) is 9.91. The van der Waals surface area contributed by atoms with Gasteiger partial charge >= 0.3 is 5.97 Å². The molecule has 0 aliphatic heterocycles. The molecule has 6 nitrogen and oxygen atoms in total. The Morgan fingerprint density at radius 2 is 1.85 bits per heavy atom. The quantitative estimate of drug-likeness (QED) is 0.444. The molecular weight excluding hydrogens is 350 g/mol. The first-order valence-corrected chi connectivity index (χ1v) is 8.49. The summed E-state index contributed by atoms with van der Waals surface area (Å²) in [5.74, 6) is -1.06. The van der Waals surface area contributed by atoms with Crippen molar-refractivity contribution in [1.82, 2.24) is 5.32 Å². The Morgan fingerprint density at radius 1 is 1.15 bits per heavy atom. The predicted octanol–water partition coefficient (Wildman–Crippen LogP) is 2.95. The van der Waals surface area contributed by atoms with E-state index in [1.54, 1.807) is 12.1 Å². The number of carbonyl (C=O) groups excluding carboxylic acids is 2. The van der Waals surface area contributed by atoms with Crippen molar-refractivity contribution in [1.29, 1.82) is 5.26 Å². The SMILES string of the molecule is COC(=O)CN/C=C(/C#N)C(=O)Nc1ccccc1Sc1ccccc1. The number of methoxy groups -OCH3 is 1. The molecule has 2 aromatic carbocycles. The second-order valence-electron chi connectivity index (χ2n) is 4.99. The van der Waals surface area contributed by atoms with Gasteiger partial charge in [0.2, 0.25) is 0 Å². The number of amides is 1. The summed E-state index contributed by atoms with van der Waals surface area (Å²) in [6.07, 6.45) is 1.19. The fourth-order valence-corrected chi connectivity index (χ4v) is 2.84. The molecule has 2 rings (SSSR count). The number of carbonyl (C=O) groups is 2. The lowest BCUT2D eigenvalue weighted by Crippen LogP contribution is -2.22. The Kier molecular flexibility index (Phi) is 7.28. The van der Waals surface area contributed by atoms with Crippen molar-refractivity contribution in [3.05, 3.63) is 66.4 Å². The van der Waals surface area contributed by atoms with E-state index in [0.717, 1.165) is 9.79 Å². The molecule has 2 N–H and O–H groups in total. The maximum Gasteiger partial charge on any atom is 0.325 e. The lowest BCUT2D eigenvalue weighted by Gasteiger charge is -2.10. The lowest BCUT2D eigenvalue weighted by atomic mass is 10.2. The van der Waals surface area contributed by atoms with Crippen LogP contribution in [-0.4, -0.2) is 25.5 Å². The number of benzene rings is 2. The predicted molar refractivity (Wildman–Crippen MR) is 99.4 cm³/mol. The summed E-state index contributed by atoms with van der Waals surface area (Å²) < 4.78 is 4.48. The molecule has 0 atom stereocenters. The van der Waals surface area contributed by atoms with E-state index in [9.17, 15) is 9.59 Å². The van der Waals surface area contributed by atoms with E-state index in [1.165, 1.54) is 25.1 Å². The van der Waals surface area contributed by atoms with Crippen LogP contribution < -0.4 is 10.6 Å². The molecule has 132 valence electrons. The molecule has 2 aromatic rings. The Hall–Kier alpha value is -3.24. The summed E-state index contributed by atoms with van der Waals surface area (Å²) in [6.45, 7) is -0.130. The zero-order chi connectivity index (χ0) is 18.8. The van der Waals surface area contributed by atoms with Gasteiger partial charge in [0.25, 0.3) is 5.91 Å². The van der Waals surface area contributed by atoms with Crippen LogP contribution in [0.4, 0.5) is 5.69 Å². The first kappa shape index (κ1) is 19.1. The van der Waals surface area contributed by atoms with Crippen molar-refractivity contribution < 1.29 is 14.3 Å².